The zero-order chi connectivity index (χ0) is 16.7. The van der Waals surface area contributed by atoms with E-state index in [2.05, 4.69) is 27.2 Å². The molecule has 22 heavy (non-hydrogen) atoms. The molecule has 0 atom stereocenters. The average molecular weight is 328 g/mol. The molecule has 2 aromatic heterocycles. The Morgan fingerprint density at radius 2 is 1.82 bits per heavy atom. The summed E-state index contributed by atoms with van der Waals surface area (Å²) >= 11 is 6.39. The summed E-state index contributed by atoms with van der Waals surface area (Å²) in [5.41, 5.74) is 1.63. The minimum absolute atomic E-state index is 0.459. The van der Waals surface area contributed by atoms with E-state index in [4.69, 9.17) is 16.1 Å². The summed E-state index contributed by atoms with van der Waals surface area (Å²) in [7, 11) is 2.08. The molecule has 124 valence electrons. The molecule has 0 fully saturated rings. The van der Waals surface area contributed by atoms with Gasteiger partial charge >= 0.3 is 0 Å². The van der Waals surface area contributed by atoms with Gasteiger partial charge < -0.3 is 9.42 Å². The lowest BCUT2D eigenvalue weighted by molar-refractivity contribution is 0.332. The number of aromatic nitrogens is 4. The number of rotatable bonds is 1. The highest BCUT2D eigenvalue weighted by molar-refractivity contribution is 6.33. The molecule has 0 spiro atoms. The monoisotopic (exact) mass is 327 g/mol. The average Bonchev–Trinajstić information content (AvgIpc) is 3.03. The first-order chi connectivity index (χ1) is 10.6. The van der Waals surface area contributed by atoms with Gasteiger partial charge in [-0.2, -0.15) is 10.1 Å². The van der Waals surface area contributed by atoms with Crippen LogP contribution in [0.1, 0.15) is 45.7 Å². The van der Waals surface area contributed by atoms with Gasteiger partial charge in [0.25, 0.3) is 0 Å². The molecule has 0 N–H and O–H groups in total. The van der Waals surface area contributed by atoms with Crippen LogP contribution >= 0.6 is 11.6 Å². The maximum absolute atomic E-state index is 6.39. The maximum Gasteiger partial charge on any atom is 0.224 e. The van der Waals surface area contributed by atoms with E-state index in [-0.39, 0.29) is 0 Å². The summed E-state index contributed by atoms with van der Waals surface area (Å²) in [4.78, 5) is 6.41. The molecule has 0 aliphatic carbocycles. The number of nitrogens with zero attached hydrogens (tertiary/aromatic N) is 5. The van der Waals surface area contributed by atoms with Gasteiger partial charge in [-0.15, -0.1) is 0 Å². The zero-order valence-corrected chi connectivity index (χ0v) is 15.1. The molecule has 3 heterocycles. The van der Waals surface area contributed by atoms with Crippen molar-refractivity contribution in [3.8, 4) is 11.5 Å². The molecule has 0 amide bonds. The van der Waals surface area contributed by atoms with Gasteiger partial charge in [0.1, 0.15) is 0 Å². The van der Waals surface area contributed by atoms with Crippen LogP contribution in [0.3, 0.4) is 0 Å². The lowest BCUT2D eigenvalue weighted by Crippen LogP contribution is -2.17. The molecule has 0 saturated heterocycles. The first kappa shape index (κ1) is 18.6. The summed E-state index contributed by atoms with van der Waals surface area (Å²) in [6.45, 7) is 12.5. The second-order valence-corrected chi connectivity index (χ2v) is 4.94. The Morgan fingerprint density at radius 1 is 1.14 bits per heavy atom. The Balaban J connectivity index is 0.000000561. The molecular weight excluding hydrogens is 302 g/mol. The van der Waals surface area contributed by atoms with E-state index in [0.717, 1.165) is 31.7 Å². The smallest absolute Gasteiger partial charge is 0.224 e. The highest BCUT2D eigenvalue weighted by atomic mass is 35.5. The minimum Gasteiger partial charge on any atom is -0.339 e. The van der Waals surface area contributed by atoms with Crippen LogP contribution in [0.25, 0.3) is 11.5 Å². The fourth-order valence-corrected chi connectivity index (χ4v) is 2.45. The van der Waals surface area contributed by atoms with E-state index in [1.54, 1.807) is 6.92 Å². The molecule has 0 unspecified atom stereocenters. The third kappa shape index (κ3) is 4.08. The van der Waals surface area contributed by atoms with Gasteiger partial charge in [0.2, 0.25) is 11.7 Å². The van der Waals surface area contributed by atoms with Crippen LogP contribution in [-0.4, -0.2) is 38.4 Å². The standard InChI is InChI=1S/C11H14ClN5O.2C2H6/c1-7-13-11(15-18-7)10-9(12)8-6-16(2)4-3-5-17(8)14-10;2*1-2/h3-6H2,1-2H3;2*1-2H3. The molecule has 7 heteroatoms. The van der Waals surface area contributed by atoms with Crippen molar-refractivity contribution in [1.82, 2.24) is 24.8 Å². The lowest BCUT2D eigenvalue weighted by atomic mass is 10.3. The Bertz CT molecular complexity index is 578. The summed E-state index contributed by atoms with van der Waals surface area (Å²) in [6, 6.07) is 0. The SMILES string of the molecule is CC.CC.Cc1nc(-c2nn3c(c2Cl)CN(C)CCC3)no1. The summed E-state index contributed by atoms with van der Waals surface area (Å²) in [6.07, 6.45) is 1.06. The van der Waals surface area contributed by atoms with Crippen LogP contribution < -0.4 is 0 Å². The van der Waals surface area contributed by atoms with Crippen molar-refractivity contribution in [1.29, 1.82) is 0 Å². The van der Waals surface area contributed by atoms with Gasteiger partial charge in [0, 0.05) is 26.6 Å². The Kier molecular flexibility index (Phi) is 7.55. The van der Waals surface area contributed by atoms with E-state index in [1.165, 1.54) is 0 Å². The normalized spacial score (nSPS) is 14.1. The Morgan fingerprint density at radius 3 is 2.41 bits per heavy atom. The second kappa shape index (κ2) is 8.90. The predicted molar refractivity (Wildman–Crippen MR) is 88.9 cm³/mol. The van der Waals surface area contributed by atoms with E-state index < -0.39 is 0 Å². The summed E-state index contributed by atoms with van der Waals surface area (Å²) in [5.74, 6) is 0.974. The number of hydrogen-bond donors (Lipinski definition) is 0. The van der Waals surface area contributed by atoms with Crippen molar-refractivity contribution in [3.63, 3.8) is 0 Å². The molecular formula is C15H26ClN5O. The van der Waals surface area contributed by atoms with Crippen LogP contribution in [0.15, 0.2) is 4.52 Å². The molecule has 0 saturated carbocycles. The predicted octanol–water partition coefficient (Wildman–Crippen LogP) is 3.78. The van der Waals surface area contributed by atoms with Gasteiger partial charge in [-0.05, 0) is 13.5 Å². The van der Waals surface area contributed by atoms with Crippen molar-refractivity contribution < 1.29 is 4.52 Å². The van der Waals surface area contributed by atoms with E-state index in [1.807, 2.05) is 32.4 Å². The van der Waals surface area contributed by atoms with Crippen LogP contribution in [0.4, 0.5) is 0 Å². The second-order valence-electron chi connectivity index (χ2n) is 4.56. The molecule has 1 aliphatic rings. The van der Waals surface area contributed by atoms with Crippen molar-refractivity contribution in [3.05, 3.63) is 16.6 Å². The highest BCUT2D eigenvalue weighted by Crippen LogP contribution is 2.30. The van der Waals surface area contributed by atoms with Crippen molar-refractivity contribution >= 4 is 11.6 Å². The summed E-state index contributed by atoms with van der Waals surface area (Å²) < 4.78 is 6.92. The number of hydrogen-bond acceptors (Lipinski definition) is 5. The van der Waals surface area contributed by atoms with E-state index in [0.29, 0.717) is 22.4 Å². The third-order valence-electron chi connectivity index (χ3n) is 3.06. The quantitative estimate of drug-likeness (QED) is 0.797. The number of aryl methyl sites for hydroxylation is 2. The van der Waals surface area contributed by atoms with Crippen LogP contribution in [0.5, 0.6) is 0 Å². The Hall–Kier alpha value is -1.40. The largest absolute Gasteiger partial charge is 0.339 e. The first-order valence-electron chi connectivity index (χ1n) is 7.89. The van der Waals surface area contributed by atoms with E-state index >= 15 is 0 Å². The fourth-order valence-electron chi connectivity index (χ4n) is 2.17. The van der Waals surface area contributed by atoms with Crippen molar-refractivity contribution in [2.24, 2.45) is 0 Å². The van der Waals surface area contributed by atoms with Gasteiger partial charge in [0.05, 0.1) is 10.7 Å². The lowest BCUT2D eigenvalue weighted by Gasteiger charge is -2.11. The first-order valence-corrected chi connectivity index (χ1v) is 8.27. The van der Waals surface area contributed by atoms with Crippen LogP contribution in [0, 0.1) is 6.92 Å². The number of halogens is 1. The van der Waals surface area contributed by atoms with Crippen LogP contribution in [-0.2, 0) is 13.1 Å². The molecule has 0 aromatic carbocycles. The molecule has 1 aliphatic heterocycles. The molecule has 0 bridgehead atoms. The maximum atomic E-state index is 6.39. The van der Waals surface area contributed by atoms with E-state index in [9.17, 15) is 0 Å². The van der Waals surface area contributed by atoms with Gasteiger partial charge in [-0.3, -0.25) is 4.68 Å². The van der Waals surface area contributed by atoms with Crippen LogP contribution in [0.2, 0.25) is 5.02 Å². The van der Waals surface area contributed by atoms with Crippen molar-refractivity contribution in [2.45, 2.75) is 54.1 Å². The summed E-state index contributed by atoms with van der Waals surface area (Å²) in [5, 5.41) is 9.00. The third-order valence-corrected chi connectivity index (χ3v) is 3.46. The van der Waals surface area contributed by atoms with Gasteiger partial charge in [-0.25, -0.2) is 0 Å². The fraction of sp³-hybridized carbons (Fsp3) is 0.667. The Labute approximate surface area is 137 Å². The van der Waals surface area contributed by atoms with Gasteiger partial charge in [0.15, 0.2) is 5.69 Å². The molecule has 2 aromatic rings. The molecule has 0 radical (unpaired) electrons. The topological polar surface area (TPSA) is 60.0 Å². The van der Waals surface area contributed by atoms with Gasteiger partial charge in [-0.1, -0.05) is 44.5 Å². The zero-order valence-electron chi connectivity index (χ0n) is 14.4. The molecule has 6 nitrogen and oxygen atoms in total. The van der Waals surface area contributed by atoms with Crippen molar-refractivity contribution in [2.75, 3.05) is 13.6 Å². The minimum atomic E-state index is 0.459. The number of fused-ring (bicyclic) bond motifs is 1. The highest BCUT2D eigenvalue weighted by Gasteiger charge is 2.23. The molecule has 3 rings (SSSR count).